The molecule has 0 fully saturated rings. The monoisotopic (exact) mass is 598 g/mol. The molecule has 0 radical (unpaired) electrons. The number of hydrogen-bond donors (Lipinski definition) is 0. The van der Waals surface area contributed by atoms with Crippen molar-refractivity contribution in [3.05, 3.63) is 120 Å². The molecule has 2 atom stereocenters. The van der Waals surface area contributed by atoms with Gasteiger partial charge in [0, 0.05) is 11.5 Å². The second kappa shape index (κ2) is 13.4. The van der Waals surface area contributed by atoms with E-state index < -0.39 is 16.6 Å². The topological polar surface area (TPSA) is 18.5 Å². The fourth-order valence-electron chi connectivity index (χ4n) is 7.48. The molecule has 4 rings (SSSR count). The number of allylic oxidation sites excluding steroid dienone is 15. The van der Waals surface area contributed by atoms with Crippen LogP contribution < -0.4 is 0 Å². The van der Waals surface area contributed by atoms with Gasteiger partial charge in [-0.15, -0.1) is 13.2 Å². The van der Waals surface area contributed by atoms with E-state index in [1.54, 1.807) is 0 Å². The molecule has 0 saturated carbocycles. The van der Waals surface area contributed by atoms with Gasteiger partial charge in [-0.25, -0.2) is 0 Å². The molecular formula is C38H54O2Si2. The van der Waals surface area contributed by atoms with Gasteiger partial charge in [0.15, 0.2) is 0 Å². The Labute approximate surface area is 259 Å². The predicted octanol–water partition coefficient (Wildman–Crippen LogP) is 11.6. The Morgan fingerprint density at radius 3 is 1.90 bits per heavy atom. The van der Waals surface area contributed by atoms with Crippen LogP contribution in [0, 0.1) is 11.8 Å². The molecule has 0 heterocycles. The normalized spacial score (nSPS) is 21.5. The van der Waals surface area contributed by atoms with Crippen LogP contribution in [0.5, 0.6) is 0 Å². The smallest absolute Gasteiger partial charge is 0.259 e. The van der Waals surface area contributed by atoms with E-state index in [4.69, 9.17) is 8.85 Å². The molecule has 226 valence electrons. The van der Waals surface area contributed by atoms with Gasteiger partial charge < -0.3 is 8.85 Å². The summed E-state index contributed by atoms with van der Waals surface area (Å²) in [6, 6.07) is 1.96. The van der Waals surface area contributed by atoms with Crippen molar-refractivity contribution in [3.63, 3.8) is 0 Å². The molecule has 0 spiro atoms. The molecule has 0 aromatic carbocycles. The number of hydrogen-bond acceptors (Lipinski definition) is 2. The van der Waals surface area contributed by atoms with E-state index in [1.807, 2.05) is 0 Å². The Balaban J connectivity index is 1.45. The largest absolute Gasteiger partial charge is 0.545 e. The third kappa shape index (κ3) is 6.08. The Hall–Kier alpha value is -2.57. The summed E-state index contributed by atoms with van der Waals surface area (Å²) in [6.07, 6.45) is 29.0. The van der Waals surface area contributed by atoms with Gasteiger partial charge in [0.1, 0.15) is 5.76 Å². The lowest BCUT2D eigenvalue weighted by Gasteiger charge is -2.40. The van der Waals surface area contributed by atoms with E-state index in [0.717, 1.165) is 36.4 Å². The molecule has 2 nitrogen and oxygen atoms in total. The second-order valence-corrected chi connectivity index (χ2v) is 23.4. The van der Waals surface area contributed by atoms with E-state index in [1.165, 1.54) is 22.3 Å². The van der Waals surface area contributed by atoms with Crippen molar-refractivity contribution in [1.29, 1.82) is 0 Å². The Bertz CT molecular complexity index is 1280. The summed E-state index contributed by atoms with van der Waals surface area (Å²) in [4.78, 5) is 0. The van der Waals surface area contributed by atoms with Crippen molar-refractivity contribution in [3.8, 4) is 0 Å². The van der Waals surface area contributed by atoms with Crippen LogP contribution in [0.3, 0.4) is 0 Å². The van der Waals surface area contributed by atoms with Gasteiger partial charge in [0.2, 0.25) is 0 Å². The molecular weight excluding hydrogens is 545 g/mol. The first-order chi connectivity index (χ1) is 20.0. The van der Waals surface area contributed by atoms with Gasteiger partial charge in [-0.2, -0.15) is 0 Å². The minimum Gasteiger partial charge on any atom is -0.545 e. The van der Waals surface area contributed by atoms with Crippen LogP contribution >= 0.6 is 0 Å². The molecule has 0 aliphatic heterocycles. The third-order valence-electron chi connectivity index (χ3n) is 10.2. The summed E-state index contributed by atoms with van der Waals surface area (Å²) in [5.41, 5.74) is 7.73. The molecule has 0 N–H and O–H groups in total. The first-order valence-electron chi connectivity index (χ1n) is 16.2. The highest BCUT2D eigenvalue weighted by Crippen LogP contribution is 2.47. The Kier molecular flexibility index (Phi) is 10.3. The van der Waals surface area contributed by atoms with Crippen LogP contribution in [0.25, 0.3) is 0 Å². The molecule has 4 aliphatic rings. The fraction of sp³-hybridized carbons (Fsp3) is 0.474. The molecule has 42 heavy (non-hydrogen) atoms. The Morgan fingerprint density at radius 1 is 0.690 bits per heavy atom. The van der Waals surface area contributed by atoms with Gasteiger partial charge >= 0.3 is 0 Å². The highest BCUT2D eigenvalue weighted by molar-refractivity contribution is 6.77. The van der Waals surface area contributed by atoms with Gasteiger partial charge in [0.05, 0.1) is 11.7 Å². The third-order valence-corrected chi connectivity index (χ3v) is 21.1. The van der Waals surface area contributed by atoms with Gasteiger partial charge in [-0.1, -0.05) is 122 Å². The molecule has 2 unspecified atom stereocenters. The first-order valence-corrected chi connectivity index (χ1v) is 20.7. The van der Waals surface area contributed by atoms with Crippen molar-refractivity contribution < 1.29 is 8.85 Å². The highest BCUT2D eigenvalue weighted by atomic mass is 28.4. The minimum atomic E-state index is -2.05. The van der Waals surface area contributed by atoms with Gasteiger partial charge in [0.25, 0.3) is 16.6 Å². The molecule has 0 aromatic heterocycles. The maximum absolute atomic E-state index is 7.10. The van der Waals surface area contributed by atoms with Crippen LogP contribution in [0.4, 0.5) is 0 Å². The predicted molar refractivity (Wildman–Crippen MR) is 187 cm³/mol. The lowest BCUT2D eigenvalue weighted by atomic mass is 9.87. The zero-order valence-electron chi connectivity index (χ0n) is 27.5. The first kappa shape index (κ1) is 32.3. The van der Waals surface area contributed by atoms with E-state index in [9.17, 15) is 0 Å². The van der Waals surface area contributed by atoms with Crippen molar-refractivity contribution >= 4 is 16.6 Å². The molecule has 0 aromatic rings. The van der Waals surface area contributed by atoms with Crippen LogP contribution in [0.2, 0.25) is 34.3 Å². The zero-order chi connectivity index (χ0) is 30.7. The van der Waals surface area contributed by atoms with Crippen LogP contribution in [-0.2, 0) is 8.85 Å². The van der Waals surface area contributed by atoms with Crippen molar-refractivity contribution in [2.75, 3.05) is 0 Å². The zero-order valence-corrected chi connectivity index (χ0v) is 29.5. The van der Waals surface area contributed by atoms with Crippen molar-refractivity contribution in [2.24, 2.45) is 11.8 Å². The lowest BCUT2D eigenvalue weighted by molar-refractivity contribution is 0.354. The van der Waals surface area contributed by atoms with Crippen LogP contribution in [0.1, 0.15) is 68.2 Å². The van der Waals surface area contributed by atoms with Crippen molar-refractivity contribution in [2.45, 2.75) is 102 Å². The molecule has 0 bridgehead atoms. The summed E-state index contributed by atoms with van der Waals surface area (Å²) in [6.45, 7) is 26.8. The molecule has 0 amide bonds. The van der Waals surface area contributed by atoms with Crippen molar-refractivity contribution in [1.82, 2.24) is 0 Å². The second-order valence-electron chi connectivity index (χ2n) is 13.7. The van der Waals surface area contributed by atoms with E-state index in [-0.39, 0.29) is 5.92 Å². The number of rotatable bonds is 15. The van der Waals surface area contributed by atoms with E-state index in [0.29, 0.717) is 28.1 Å². The van der Waals surface area contributed by atoms with E-state index >= 15 is 0 Å². The number of fused-ring (bicyclic) bond motifs is 2. The lowest BCUT2D eigenvalue weighted by Crippen LogP contribution is -2.44. The van der Waals surface area contributed by atoms with Crippen LogP contribution in [0.15, 0.2) is 120 Å². The quantitative estimate of drug-likeness (QED) is 0.138. The van der Waals surface area contributed by atoms with Crippen LogP contribution in [-0.4, -0.2) is 16.6 Å². The summed E-state index contributed by atoms with van der Waals surface area (Å²) >= 11 is 0. The molecule has 4 aliphatic carbocycles. The summed E-state index contributed by atoms with van der Waals surface area (Å²) in [7, 11) is -4.09. The maximum Gasteiger partial charge on any atom is 0.259 e. The van der Waals surface area contributed by atoms with Gasteiger partial charge in [-0.05, 0) is 70.4 Å². The SMILES string of the molecule is C=CC[Si](OC1=CC=CC2C(CCC3=C4C=CC=C(O[Si](CC=C)(C(C)C)C(C)C)C4C=C3)=CC=C12)(C(C)C)C(C)C. The minimum absolute atomic E-state index is 0.234. The Morgan fingerprint density at radius 2 is 1.31 bits per heavy atom. The maximum atomic E-state index is 7.10. The standard InChI is InChI=1S/C38H54O2Si2/c1-11-25-41(27(3)4,28(5)6)39-37-17-13-15-33-31(21-23-35(33)37)19-20-32-22-24-36-34(32)16-14-18-38(36)40-42(26-12-2,29(7)8)30(9)10/h11-18,21-24,27-30,33,36H,1-2,19-20,25-26H2,3-10H3. The summed E-state index contributed by atoms with van der Waals surface area (Å²) in [5, 5.41) is 0. The average molecular weight is 599 g/mol. The fourth-order valence-corrected chi connectivity index (χ4v) is 15.3. The molecule has 4 heteroatoms. The van der Waals surface area contributed by atoms with Gasteiger partial charge in [-0.3, -0.25) is 0 Å². The summed E-state index contributed by atoms with van der Waals surface area (Å²) < 4.78 is 14.2. The average Bonchev–Trinajstić information content (AvgIpc) is 3.55. The van der Waals surface area contributed by atoms with E-state index in [2.05, 4.69) is 141 Å². The highest BCUT2D eigenvalue weighted by Gasteiger charge is 2.46. The molecule has 0 saturated heterocycles. The summed E-state index contributed by atoms with van der Waals surface area (Å²) in [5.74, 6) is 2.76.